The summed E-state index contributed by atoms with van der Waals surface area (Å²) in [7, 11) is -1.69. The van der Waals surface area contributed by atoms with Crippen LogP contribution in [-0.4, -0.2) is 45.2 Å². The van der Waals surface area contributed by atoms with E-state index < -0.39 is 22.0 Å². The van der Waals surface area contributed by atoms with E-state index in [1.165, 1.54) is 24.1 Å². The Labute approximate surface area is 154 Å². The largest absolute Gasteiger partial charge is 0.497 e. The smallest absolute Gasteiger partial charge is 0.340 e. The number of carbonyl (C=O) groups is 1. The van der Waals surface area contributed by atoms with Gasteiger partial charge in [-0.25, -0.2) is 4.79 Å². The number of hydrazone groups is 1. The minimum absolute atomic E-state index is 0.150. The Hall–Kier alpha value is -2.92. The Kier molecular flexibility index (Phi) is 5.95. The summed E-state index contributed by atoms with van der Waals surface area (Å²) in [6, 6.07) is 6.64. The zero-order valence-corrected chi connectivity index (χ0v) is 15.5. The monoisotopic (exact) mass is 396 g/mol. The number of sulfonamides is 1. The van der Waals surface area contributed by atoms with Crippen LogP contribution in [0.1, 0.15) is 15.9 Å². The molecule has 1 aromatic carbocycles. The SMILES string of the molecule is COC(=O)c1cscc1S(=O)(=O)N(/N=C/c1ccc(OC)cc1)C(=N)N. The van der Waals surface area contributed by atoms with Crippen LogP contribution in [0.5, 0.6) is 5.75 Å². The van der Waals surface area contributed by atoms with Crippen LogP contribution in [-0.2, 0) is 14.8 Å². The van der Waals surface area contributed by atoms with E-state index in [0.717, 1.165) is 18.4 Å². The van der Waals surface area contributed by atoms with Gasteiger partial charge in [-0.05, 0) is 29.8 Å². The van der Waals surface area contributed by atoms with Crippen molar-refractivity contribution in [2.75, 3.05) is 14.2 Å². The Bertz CT molecular complexity index is 935. The van der Waals surface area contributed by atoms with Gasteiger partial charge in [0, 0.05) is 10.8 Å². The fraction of sp³-hybridized carbons (Fsp3) is 0.133. The van der Waals surface area contributed by atoms with Crippen molar-refractivity contribution in [1.29, 1.82) is 5.41 Å². The Morgan fingerprint density at radius 1 is 1.27 bits per heavy atom. The van der Waals surface area contributed by atoms with Crippen LogP contribution in [0.3, 0.4) is 0 Å². The summed E-state index contributed by atoms with van der Waals surface area (Å²) >= 11 is 1.00. The second kappa shape index (κ2) is 7.97. The van der Waals surface area contributed by atoms with Gasteiger partial charge in [-0.3, -0.25) is 5.41 Å². The van der Waals surface area contributed by atoms with Crippen molar-refractivity contribution in [2.45, 2.75) is 4.90 Å². The van der Waals surface area contributed by atoms with Crippen LogP contribution in [0.2, 0.25) is 0 Å². The molecule has 0 radical (unpaired) electrons. The number of nitrogens with zero attached hydrogens (tertiary/aromatic N) is 2. The number of rotatable bonds is 6. The van der Waals surface area contributed by atoms with Crippen LogP contribution < -0.4 is 10.5 Å². The highest BCUT2D eigenvalue weighted by atomic mass is 32.2. The minimum atomic E-state index is -4.35. The van der Waals surface area contributed by atoms with Crippen LogP contribution in [0.15, 0.2) is 45.0 Å². The van der Waals surface area contributed by atoms with Gasteiger partial charge in [-0.2, -0.15) is 24.9 Å². The number of hydrogen-bond donors (Lipinski definition) is 2. The summed E-state index contributed by atoms with van der Waals surface area (Å²) < 4.78 is 35.5. The number of nitrogens with two attached hydrogens (primary N) is 1. The summed E-state index contributed by atoms with van der Waals surface area (Å²) in [4.78, 5) is 11.4. The molecule has 11 heteroatoms. The molecule has 0 saturated heterocycles. The summed E-state index contributed by atoms with van der Waals surface area (Å²) in [6.45, 7) is 0. The van der Waals surface area contributed by atoms with Gasteiger partial charge >= 0.3 is 5.97 Å². The number of ether oxygens (including phenoxy) is 2. The zero-order chi connectivity index (χ0) is 19.3. The Morgan fingerprint density at radius 2 is 1.92 bits per heavy atom. The van der Waals surface area contributed by atoms with Crippen molar-refractivity contribution in [3.63, 3.8) is 0 Å². The molecule has 0 atom stereocenters. The summed E-state index contributed by atoms with van der Waals surface area (Å²) in [5.74, 6) is -1.01. The van der Waals surface area contributed by atoms with Crippen LogP contribution in [0, 0.1) is 5.41 Å². The van der Waals surface area contributed by atoms with Gasteiger partial charge in [0.05, 0.1) is 26.0 Å². The van der Waals surface area contributed by atoms with Crippen molar-refractivity contribution in [3.05, 3.63) is 46.2 Å². The van der Waals surface area contributed by atoms with Crippen molar-refractivity contribution in [3.8, 4) is 5.75 Å². The normalized spacial score (nSPS) is 11.3. The van der Waals surface area contributed by atoms with Crippen molar-refractivity contribution >= 4 is 39.5 Å². The van der Waals surface area contributed by atoms with E-state index in [0.29, 0.717) is 15.7 Å². The standard InChI is InChI=1S/C15H16N4O5S2/c1-23-11-5-3-10(4-6-11)7-18-19(15(16)17)26(21,22)13-9-25-8-12(13)14(20)24-2/h3-9H,1-2H3,(H3,16,17)/b18-7+. The Balaban J connectivity index is 2.39. The van der Waals surface area contributed by atoms with Gasteiger partial charge in [0.15, 0.2) is 0 Å². The average Bonchev–Trinajstić information content (AvgIpc) is 3.12. The molecule has 0 aliphatic carbocycles. The molecule has 0 aliphatic heterocycles. The van der Waals surface area contributed by atoms with Gasteiger partial charge in [0.2, 0.25) is 5.96 Å². The molecule has 9 nitrogen and oxygen atoms in total. The molecule has 0 bridgehead atoms. The van der Waals surface area contributed by atoms with E-state index >= 15 is 0 Å². The quantitative estimate of drug-likeness (QED) is 0.328. The molecule has 1 heterocycles. The van der Waals surface area contributed by atoms with E-state index in [4.69, 9.17) is 15.9 Å². The van der Waals surface area contributed by atoms with Crippen molar-refractivity contribution in [2.24, 2.45) is 10.8 Å². The predicted octanol–water partition coefficient (Wildman–Crippen LogP) is 1.46. The first-order chi connectivity index (χ1) is 12.3. The second-order valence-corrected chi connectivity index (χ2v) is 7.27. The molecule has 3 N–H and O–H groups in total. The molecule has 1 aromatic heterocycles. The number of guanidine groups is 1. The number of esters is 1. The average molecular weight is 396 g/mol. The molecule has 0 aliphatic rings. The van der Waals surface area contributed by atoms with Crippen LogP contribution in [0.4, 0.5) is 0 Å². The van der Waals surface area contributed by atoms with Crippen molar-refractivity contribution in [1.82, 2.24) is 4.41 Å². The Morgan fingerprint density at radius 3 is 2.46 bits per heavy atom. The first-order valence-electron chi connectivity index (χ1n) is 7.03. The summed E-state index contributed by atoms with van der Waals surface area (Å²) in [6.07, 6.45) is 1.22. The topological polar surface area (TPSA) is 135 Å². The van der Waals surface area contributed by atoms with Gasteiger partial charge in [-0.1, -0.05) is 0 Å². The fourth-order valence-corrected chi connectivity index (χ4v) is 4.34. The molecule has 2 rings (SSSR count). The molecule has 0 amide bonds. The van der Waals surface area contributed by atoms with Gasteiger partial charge in [0.1, 0.15) is 10.6 Å². The van der Waals surface area contributed by atoms with Crippen LogP contribution >= 0.6 is 11.3 Å². The van der Waals surface area contributed by atoms with E-state index in [2.05, 4.69) is 9.84 Å². The first kappa shape index (κ1) is 19.4. The van der Waals surface area contributed by atoms with Crippen molar-refractivity contribution < 1.29 is 22.7 Å². The number of nitrogens with one attached hydrogen (secondary N) is 1. The lowest BCUT2D eigenvalue weighted by molar-refractivity contribution is 0.0597. The minimum Gasteiger partial charge on any atom is -0.497 e. The maximum atomic E-state index is 12.8. The molecule has 0 spiro atoms. The number of methoxy groups -OCH3 is 2. The highest BCUT2D eigenvalue weighted by Gasteiger charge is 2.31. The summed E-state index contributed by atoms with van der Waals surface area (Å²) in [5.41, 5.74) is 5.79. The molecule has 26 heavy (non-hydrogen) atoms. The van der Waals surface area contributed by atoms with Crippen LogP contribution in [0.25, 0.3) is 0 Å². The number of benzene rings is 1. The first-order valence-corrected chi connectivity index (χ1v) is 9.41. The molecule has 0 unspecified atom stereocenters. The van der Waals surface area contributed by atoms with Gasteiger partial charge in [0.25, 0.3) is 10.0 Å². The molecular formula is C15H16N4O5S2. The molecular weight excluding hydrogens is 380 g/mol. The maximum absolute atomic E-state index is 12.8. The van der Waals surface area contributed by atoms with E-state index in [1.54, 1.807) is 24.3 Å². The lowest BCUT2D eigenvalue weighted by atomic mass is 10.2. The molecule has 2 aromatic rings. The highest BCUT2D eigenvalue weighted by molar-refractivity contribution is 7.89. The lowest BCUT2D eigenvalue weighted by Gasteiger charge is -2.16. The maximum Gasteiger partial charge on any atom is 0.340 e. The molecule has 0 fully saturated rings. The third-order valence-electron chi connectivity index (χ3n) is 3.17. The number of carbonyl (C=O) groups excluding carboxylic acids is 1. The number of thiophene rings is 1. The highest BCUT2D eigenvalue weighted by Crippen LogP contribution is 2.25. The molecule has 138 valence electrons. The van der Waals surface area contributed by atoms with Gasteiger partial charge in [-0.15, -0.1) is 4.41 Å². The third kappa shape index (κ3) is 4.00. The van der Waals surface area contributed by atoms with E-state index in [1.807, 2.05) is 0 Å². The fourth-order valence-electron chi connectivity index (χ4n) is 1.90. The lowest BCUT2D eigenvalue weighted by Crippen LogP contribution is -2.37. The predicted molar refractivity (Wildman–Crippen MR) is 97.2 cm³/mol. The van der Waals surface area contributed by atoms with E-state index in [-0.39, 0.29) is 10.5 Å². The van der Waals surface area contributed by atoms with Gasteiger partial charge < -0.3 is 15.2 Å². The third-order valence-corrected chi connectivity index (χ3v) is 5.70. The number of hydrogen-bond acceptors (Lipinski definition) is 8. The summed E-state index contributed by atoms with van der Waals surface area (Å²) in [5, 5.41) is 13.9. The molecule has 0 saturated carbocycles. The van der Waals surface area contributed by atoms with E-state index in [9.17, 15) is 13.2 Å². The zero-order valence-electron chi connectivity index (χ0n) is 13.9. The second-order valence-electron chi connectivity index (χ2n) is 4.79.